The van der Waals surface area contributed by atoms with Gasteiger partial charge in [0, 0.05) is 24.0 Å². The quantitative estimate of drug-likeness (QED) is 0.304. The topological polar surface area (TPSA) is 37.6 Å². The number of ether oxygens (including phenoxy) is 1. The Morgan fingerprint density at radius 1 is 0.853 bits per heavy atom. The molecule has 4 nitrogen and oxygen atoms in total. The molecule has 2 heterocycles. The van der Waals surface area contributed by atoms with Crippen LogP contribution in [0.15, 0.2) is 72.8 Å². The average molecular weight is 455 g/mol. The maximum Gasteiger partial charge on any atom is 0.119 e. The summed E-state index contributed by atoms with van der Waals surface area (Å²) in [5, 5.41) is 11.0. The lowest BCUT2D eigenvalue weighted by Crippen LogP contribution is -2.31. The van der Waals surface area contributed by atoms with E-state index in [2.05, 4.69) is 64.9 Å². The number of fused-ring (bicyclic) bond motifs is 1. The van der Waals surface area contributed by atoms with E-state index in [9.17, 15) is 5.11 Å². The molecule has 1 fully saturated rings. The van der Waals surface area contributed by atoms with Crippen LogP contribution in [0.25, 0.3) is 22.2 Å². The normalized spacial score (nSPS) is 14.5. The van der Waals surface area contributed by atoms with Crippen molar-refractivity contribution in [1.29, 1.82) is 0 Å². The molecule has 3 aromatic carbocycles. The molecular weight excluding hydrogens is 420 g/mol. The van der Waals surface area contributed by atoms with Gasteiger partial charge in [0.25, 0.3) is 0 Å². The molecule has 0 bridgehead atoms. The Hall–Kier alpha value is -3.24. The average Bonchev–Trinajstić information content (AvgIpc) is 3.15. The van der Waals surface area contributed by atoms with E-state index in [-0.39, 0.29) is 5.75 Å². The zero-order chi connectivity index (χ0) is 23.3. The molecule has 1 aromatic heterocycles. The molecule has 34 heavy (non-hydrogen) atoms. The summed E-state index contributed by atoms with van der Waals surface area (Å²) in [6.45, 7) is 7.35. The summed E-state index contributed by atoms with van der Waals surface area (Å²) in [5.41, 5.74) is 6.02. The number of benzene rings is 3. The van der Waals surface area contributed by atoms with Crippen LogP contribution in [0.5, 0.6) is 11.5 Å². The van der Waals surface area contributed by atoms with Crippen molar-refractivity contribution in [2.24, 2.45) is 0 Å². The molecule has 1 N–H and O–H groups in total. The Morgan fingerprint density at radius 2 is 1.59 bits per heavy atom. The highest BCUT2D eigenvalue weighted by atomic mass is 16.5. The van der Waals surface area contributed by atoms with Gasteiger partial charge < -0.3 is 19.3 Å². The number of phenols is 1. The van der Waals surface area contributed by atoms with Crippen molar-refractivity contribution >= 4 is 10.9 Å². The zero-order valence-electron chi connectivity index (χ0n) is 20.0. The van der Waals surface area contributed by atoms with Gasteiger partial charge in [0.1, 0.15) is 11.5 Å². The number of hydrogen-bond donors (Lipinski definition) is 1. The van der Waals surface area contributed by atoms with Crippen molar-refractivity contribution < 1.29 is 9.84 Å². The minimum Gasteiger partial charge on any atom is -0.508 e. The molecule has 0 amide bonds. The Morgan fingerprint density at radius 3 is 2.35 bits per heavy atom. The van der Waals surface area contributed by atoms with Crippen LogP contribution < -0.4 is 4.74 Å². The molecule has 4 heteroatoms. The van der Waals surface area contributed by atoms with Crippen molar-refractivity contribution in [2.75, 3.05) is 26.2 Å². The first-order valence-electron chi connectivity index (χ1n) is 12.5. The second kappa shape index (κ2) is 10.4. The number of rotatable bonds is 8. The molecule has 0 aliphatic carbocycles. The van der Waals surface area contributed by atoms with Crippen LogP contribution in [0, 0.1) is 6.92 Å². The van der Waals surface area contributed by atoms with E-state index >= 15 is 0 Å². The Balaban J connectivity index is 1.30. The molecule has 0 radical (unpaired) electrons. The number of nitrogens with zero attached hydrogens (tertiary/aromatic N) is 2. The van der Waals surface area contributed by atoms with Crippen LogP contribution in [-0.2, 0) is 6.54 Å². The van der Waals surface area contributed by atoms with Crippen LogP contribution in [0.2, 0.25) is 0 Å². The molecule has 0 saturated carbocycles. The maximum absolute atomic E-state index is 9.77. The van der Waals surface area contributed by atoms with Crippen molar-refractivity contribution in [2.45, 2.75) is 39.2 Å². The summed E-state index contributed by atoms with van der Waals surface area (Å²) < 4.78 is 8.40. The number of likely N-dealkylation sites (tertiary alicyclic amines) is 1. The standard InChI is InChI=1S/C30H34N2O2/c1-23-28-8-3-4-9-29(28)32(30(23)25-12-14-26(33)15-13-25)22-24-10-16-27(17-11-24)34-21-7-20-31-18-5-2-6-19-31/h3-4,8-17,33H,2,5-7,18-22H2,1H3. The van der Waals surface area contributed by atoms with Crippen LogP contribution in [0.3, 0.4) is 0 Å². The summed E-state index contributed by atoms with van der Waals surface area (Å²) in [6, 6.07) is 24.6. The second-order valence-electron chi connectivity index (χ2n) is 9.37. The molecule has 0 atom stereocenters. The molecule has 5 rings (SSSR count). The summed E-state index contributed by atoms with van der Waals surface area (Å²) in [7, 11) is 0. The van der Waals surface area contributed by atoms with Gasteiger partial charge in [-0.1, -0.05) is 36.8 Å². The maximum atomic E-state index is 9.77. The largest absolute Gasteiger partial charge is 0.508 e. The molecule has 1 aliphatic heterocycles. The van der Waals surface area contributed by atoms with E-state index in [0.717, 1.165) is 37.4 Å². The third kappa shape index (κ3) is 4.97. The SMILES string of the molecule is Cc1c(-c2ccc(O)cc2)n(Cc2ccc(OCCCN3CCCCC3)cc2)c2ccccc12. The second-order valence-corrected chi connectivity index (χ2v) is 9.37. The highest BCUT2D eigenvalue weighted by Crippen LogP contribution is 2.34. The van der Waals surface area contributed by atoms with Gasteiger partial charge in [0.05, 0.1) is 12.3 Å². The first-order chi connectivity index (χ1) is 16.7. The van der Waals surface area contributed by atoms with Gasteiger partial charge in [0.2, 0.25) is 0 Å². The fourth-order valence-electron chi connectivity index (χ4n) is 5.17. The van der Waals surface area contributed by atoms with Crippen molar-refractivity contribution in [3.63, 3.8) is 0 Å². The van der Waals surface area contributed by atoms with Gasteiger partial charge in [-0.2, -0.15) is 0 Å². The van der Waals surface area contributed by atoms with E-state index in [1.807, 2.05) is 12.1 Å². The predicted molar refractivity (Wildman–Crippen MR) is 140 cm³/mol. The Kier molecular flexibility index (Phi) is 6.87. The van der Waals surface area contributed by atoms with E-state index < -0.39 is 0 Å². The molecule has 1 saturated heterocycles. The monoisotopic (exact) mass is 454 g/mol. The van der Waals surface area contributed by atoms with Gasteiger partial charge in [-0.25, -0.2) is 0 Å². The molecular formula is C30H34N2O2. The van der Waals surface area contributed by atoms with Crippen LogP contribution in [0.4, 0.5) is 0 Å². The summed E-state index contributed by atoms with van der Waals surface area (Å²) in [5.74, 6) is 1.23. The lowest BCUT2D eigenvalue weighted by atomic mass is 10.1. The van der Waals surface area contributed by atoms with E-state index in [0.29, 0.717) is 0 Å². The van der Waals surface area contributed by atoms with Crippen LogP contribution in [0.1, 0.15) is 36.8 Å². The fourth-order valence-corrected chi connectivity index (χ4v) is 5.17. The number of aryl methyl sites for hydroxylation is 1. The van der Waals surface area contributed by atoms with Crippen LogP contribution >= 0.6 is 0 Å². The minimum absolute atomic E-state index is 0.288. The highest BCUT2D eigenvalue weighted by molar-refractivity contribution is 5.91. The lowest BCUT2D eigenvalue weighted by Gasteiger charge is -2.26. The van der Waals surface area contributed by atoms with Gasteiger partial charge >= 0.3 is 0 Å². The Labute approximate surface area is 202 Å². The third-order valence-electron chi connectivity index (χ3n) is 6.96. The summed E-state index contributed by atoms with van der Waals surface area (Å²) in [6.07, 6.45) is 5.14. The first-order valence-corrected chi connectivity index (χ1v) is 12.5. The number of hydrogen-bond acceptors (Lipinski definition) is 3. The van der Waals surface area contributed by atoms with Crippen molar-refractivity contribution in [3.8, 4) is 22.8 Å². The number of phenolic OH excluding ortho intramolecular Hbond substituents is 1. The lowest BCUT2D eigenvalue weighted by molar-refractivity contribution is 0.205. The number of para-hydroxylation sites is 1. The van der Waals surface area contributed by atoms with Crippen molar-refractivity contribution in [3.05, 3.63) is 83.9 Å². The number of aromatic hydroxyl groups is 1. The number of piperidine rings is 1. The molecule has 0 spiro atoms. The smallest absolute Gasteiger partial charge is 0.119 e. The summed E-state index contributed by atoms with van der Waals surface area (Å²) >= 11 is 0. The fraction of sp³-hybridized carbons (Fsp3) is 0.333. The Bertz CT molecular complexity index is 1220. The minimum atomic E-state index is 0.288. The van der Waals surface area contributed by atoms with E-state index in [4.69, 9.17) is 4.74 Å². The summed E-state index contributed by atoms with van der Waals surface area (Å²) in [4.78, 5) is 2.56. The van der Waals surface area contributed by atoms with Gasteiger partial charge in [-0.3, -0.25) is 0 Å². The van der Waals surface area contributed by atoms with Gasteiger partial charge in [-0.05, 0) is 98.4 Å². The third-order valence-corrected chi connectivity index (χ3v) is 6.96. The molecule has 4 aromatic rings. The number of aromatic nitrogens is 1. The zero-order valence-corrected chi connectivity index (χ0v) is 20.0. The molecule has 0 unspecified atom stereocenters. The highest BCUT2D eigenvalue weighted by Gasteiger charge is 2.16. The predicted octanol–water partition coefficient (Wildman–Crippen LogP) is 6.63. The molecule has 1 aliphatic rings. The molecule has 176 valence electrons. The van der Waals surface area contributed by atoms with Crippen molar-refractivity contribution in [1.82, 2.24) is 9.47 Å². The van der Waals surface area contributed by atoms with E-state index in [1.54, 1.807) is 12.1 Å². The van der Waals surface area contributed by atoms with E-state index in [1.165, 1.54) is 60.1 Å². The van der Waals surface area contributed by atoms with Gasteiger partial charge in [-0.15, -0.1) is 0 Å². The van der Waals surface area contributed by atoms with Gasteiger partial charge in [0.15, 0.2) is 0 Å². The van der Waals surface area contributed by atoms with Crippen LogP contribution in [-0.4, -0.2) is 40.8 Å². The first kappa shape index (κ1) is 22.5.